The lowest BCUT2D eigenvalue weighted by Crippen LogP contribution is -2.09. The van der Waals surface area contributed by atoms with Crippen molar-refractivity contribution in [3.05, 3.63) is 35.4 Å². The lowest BCUT2D eigenvalue weighted by Gasteiger charge is -2.14. The van der Waals surface area contributed by atoms with Gasteiger partial charge >= 0.3 is 0 Å². The summed E-state index contributed by atoms with van der Waals surface area (Å²) in [5.41, 5.74) is 4.38. The molecule has 0 fully saturated rings. The highest BCUT2D eigenvalue weighted by atomic mass is 15.0. The van der Waals surface area contributed by atoms with Crippen LogP contribution in [0.2, 0.25) is 0 Å². The smallest absolute Gasteiger partial charge is 0.133 e. The number of hydrogen-bond donors (Lipinski definition) is 1. The number of aryl methyl sites for hydroxylation is 2. The molecule has 0 bridgehead atoms. The Balaban J connectivity index is 2.54. The van der Waals surface area contributed by atoms with E-state index < -0.39 is 0 Å². The summed E-state index contributed by atoms with van der Waals surface area (Å²) in [6.45, 7) is 9.30. The van der Waals surface area contributed by atoms with Gasteiger partial charge in [-0.05, 0) is 31.9 Å². The van der Waals surface area contributed by atoms with Gasteiger partial charge in [0.2, 0.25) is 0 Å². The zero-order valence-corrected chi connectivity index (χ0v) is 12.7. The molecule has 0 aromatic carbocycles. The predicted molar refractivity (Wildman–Crippen MR) is 82.9 cm³/mol. The summed E-state index contributed by atoms with van der Waals surface area (Å²) in [5.74, 6) is 1.82. The van der Waals surface area contributed by atoms with E-state index in [9.17, 15) is 0 Å². The van der Waals surface area contributed by atoms with Crippen LogP contribution in [0.25, 0.3) is 11.3 Å². The number of pyridine rings is 1. The Morgan fingerprint density at radius 1 is 1.15 bits per heavy atom. The van der Waals surface area contributed by atoms with Crippen molar-refractivity contribution in [3.8, 4) is 11.3 Å². The van der Waals surface area contributed by atoms with E-state index in [-0.39, 0.29) is 0 Å². The van der Waals surface area contributed by atoms with Gasteiger partial charge in [0, 0.05) is 36.5 Å². The molecule has 0 atom stereocenters. The van der Waals surface area contributed by atoms with Crippen molar-refractivity contribution < 1.29 is 0 Å². The fourth-order valence-corrected chi connectivity index (χ4v) is 2.14. The molecule has 2 aromatic rings. The zero-order valence-electron chi connectivity index (χ0n) is 12.7. The third-order valence-electron chi connectivity index (χ3n) is 3.33. The Bertz CT molecular complexity index is 593. The lowest BCUT2D eigenvalue weighted by atomic mass is 10.0. The SMILES string of the molecule is CCCNc1nc(CC)nc(-c2ccncc2C)c1C. The molecule has 4 heteroatoms. The number of nitrogens with one attached hydrogen (secondary N) is 1. The molecule has 0 aliphatic heterocycles. The average molecular weight is 270 g/mol. The Morgan fingerprint density at radius 3 is 2.60 bits per heavy atom. The van der Waals surface area contributed by atoms with Gasteiger partial charge in [-0.15, -0.1) is 0 Å². The summed E-state index contributed by atoms with van der Waals surface area (Å²) in [6.07, 6.45) is 5.60. The van der Waals surface area contributed by atoms with Crippen molar-refractivity contribution >= 4 is 5.82 Å². The highest BCUT2D eigenvalue weighted by molar-refractivity contribution is 5.70. The third-order valence-corrected chi connectivity index (χ3v) is 3.33. The molecule has 2 rings (SSSR count). The minimum atomic E-state index is 0.832. The van der Waals surface area contributed by atoms with Crippen LogP contribution in [0.5, 0.6) is 0 Å². The molecule has 0 spiro atoms. The maximum Gasteiger partial charge on any atom is 0.133 e. The number of anilines is 1. The topological polar surface area (TPSA) is 50.7 Å². The van der Waals surface area contributed by atoms with Crippen LogP contribution in [0.15, 0.2) is 18.5 Å². The summed E-state index contributed by atoms with van der Waals surface area (Å²) in [7, 11) is 0. The van der Waals surface area contributed by atoms with Crippen LogP contribution in [0.1, 0.15) is 37.2 Å². The molecule has 106 valence electrons. The van der Waals surface area contributed by atoms with E-state index in [0.717, 1.165) is 53.4 Å². The molecule has 0 aliphatic rings. The number of rotatable bonds is 5. The van der Waals surface area contributed by atoms with E-state index in [0.29, 0.717) is 0 Å². The molecule has 0 saturated carbocycles. The first-order chi connectivity index (χ1) is 9.67. The fraction of sp³-hybridized carbons (Fsp3) is 0.438. The van der Waals surface area contributed by atoms with Crippen LogP contribution in [-0.2, 0) is 6.42 Å². The number of nitrogens with zero attached hydrogens (tertiary/aromatic N) is 3. The second-order valence-corrected chi connectivity index (χ2v) is 4.93. The molecule has 0 amide bonds. The van der Waals surface area contributed by atoms with Gasteiger partial charge in [0.1, 0.15) is 11.6 Å². The molecule has 2 aromatic heterocycles. The van der Waals surface area contributed by atoms with Crippen LogP contribution in [-0.4, -0.2) is 21.5 Å². The average Bonchev–Trinajstić information content (AvgIpc) is 2.47. The van der Waals surface area contributed by atoms with Crippen molar-refractivity contribution in [1.29, 1.82) is 0 Å². The maximum atomic E-state index is 4.71. The lowest BCUT2D eigenvalue weighted by molar-refractivity contribution is 0.910. The summed E-state index contributed by atoms with van der Waals surface area (Å²) in [5, 5.41) is 3.40. The minimum Gasteiger partial charge on any atom is -0.370 e. The van der Waals surface area contributed by atoms with Crippen LogP contribution < -0.4 is 5.32 Å². The molecular formula is C16H22N4. The fourth-order valence-electron chi connectivity index (χ4n) is 2.14. The van der Waals surface area contributed by atoms with E-state index in [2.05, 4.69) is 43.0 Å². The Labute approximate surface area is 120 Å². The molecule has 0 radical (unpaired) electrons. The molecule has 20 heavy (non-hydrogen) atoms. The van der Waals surface area contributed by atoms with Gasteiger partial charge in [-0.25, -0.2) is 9.97 Å². The van der Waals surface area contributed by atoms with Gasteiger partial charge in [0.05, 0.1) is 5.69 Å². The molecular weight excluding hydrogens is 248 g/mol. The van der Waals surface area contributed by atoms with Gasteiger partial charge < -0.3 is 5.32 Å². The first kappa shape index (κ1) is 14.4. The zero-order chi connectivity index (χ0) is 14.5. The Kier molecular flexibility index (Phi) is 4.66. The predicted octanol–water partition coefficient (Wildman–Crippen LogP) is 3.54. The molecule has 0 unspecified atom stereocenters. The van der Waals surface area contributed by atoms with Gasteiger partial charge in [0.15, 0.2) is 0 Å². The van der Waals surface area contributed by atoms with E-state index in [4.69, 9.17) is 4.98 Å². The van der Waals surface area contributed by atoms with Crippen LogP contribution in [0, 0.1) is 13.8 Å². The first-order valence-electron chi connectivity index (χ1n) is 7.19. The van der Waals surface area contributed by atoms with Crippen molar-refractivity contribution in [1.82, 2.24) is 15.0 Å². The van der Waals surface area contributed by atoms with Gasteiger partial charge in [-0.2, -0.15) is 0 Å². The Morgan fingerprint density at radius 2 is 1.95 bits per heavy atom. The summed E-state index contributed by atoms with van der Waals surface area (Å²) in [4.78, 5) is 13.5. The normalized spacial score (nSPS) is 10.6. The number of hydrogen-bond acceptors (Lipinski definition) is 4. The van der Waals surface area contributed by atoms with Crippen molar-refractivity contribution in [2.24, 2.45) is 0 Å². The number of aromatic nitrogens is 3. The third kappa shape index (κ3) is 2.95. The van der Waals surface area contributed by atoms with Gasteiger partial charge in [0.25, 0.3) is 0 Å². The van der Waals surface area contributed by atoms with Crippen LogP contribution >= 0.6 is 0 Å². The minimum absolute atomic E-state index is 0.832. The summed E-state index contributed by atoms with van der Waals surface area (Å²) >= 11 is 0. The largest absolute Gasteiger partial charge is 0.370 e. The van der Waals surface area contributed by atoms with Crippen molar-refractivity contribution in [2.75, 3.05) is 11.9 Å². The molecule has 1 N–H and O–H groups in total. The second-order valence-electron chi connectivity index (χ2n) is 4.93. The van der Waals surface area contributed by atoms with Crippen LogP contribution in [0.3, 0.4) is 0 Å². The van der Waals surface area contributed by atoms with Crippen molar-refractivity contribution in [3.63, 3.8) is 0 Å². The van der Waals surface area contributed by atoms with Crippen LogP contribution in [0.4, 0.5) is 5.82 Å². The summed E-state index contributed by atoms with van der Waals surface area (Å²) in [6, 6.07) is 2.02. The monoisotopic (exact) mass is 270 g/mol. The van der Waals surface area contributed by atoms with E-state index in [1.807, 2.05) is 18.5 Å². The van der Waals surface area contributed by atoms with Gasteiger partial charge in [-0.1, -0.05) is 13.8 Å². The van der Waals surface area contributed by atoms with Gasteiger partial charge in [-0.3, -0.25) is 4.98 Å². The van der Waals surface area contributed by atoms with E-state index >= 15 is 0 Å². The van der Waals surface area contributed by atoms with E-state index in [1.165, 1.54) is 0 Å². The molecule has 0 aliphatic carbocycles. The second kappa shape index (κ2) is 6.46. The highest BCUT2D eigenvalue weighted by Gasteiger charge is 2.13. The quantitative estimate of drug-likeness (QED) is 0.903. The summed E-state index contributed by atoms with van der Waals surface area (Å²) < 4.78 is 0. The maximum absolute atomic E-state index is 4.71. The Hall–Kier alpha value is -1.97. The van der Waals surface area contributed by atoms with Crippen molar-refractivity contribution in [2.45, 2.75) is 40.5 Å². The molecule has 0 saturated heterocycles. The molecule has 2 heterocycles. The first-order valence-corrected chi connectivity index (χ1v) is 7.19. The highest BCUT2D eigenvalue weighted by Crippen LogP contribution is 2.27. The molecule has 4 nitrogen and oxygen atoms in total. The van der Waals surface area contributed by atoms with E-state index in [1.54, 1.807) is 0 Å². The standard InChI is InChI=1S/C16H22N4/c1-5-8-18-16-12(4)15(19-14(6-2)20-16)13-7-9-17-10-11(13)3/h7,9-10H,5-6,8H2,1-4H3,(H,18,19,20).